The number of nitrogens with one attached hydrogen (secondary N) is 2. The summed E-state index contributed by atoms with van der Waals surface area (Å²) in [6.07, 6.45) is 0.0722. The molecular formula is C17H20ClN5O2. The molecule has 0 aliphatic rings. The average Bonchev–Trinajstić information content (AvgIpc) is 2.85. The van der Waals surface area contributed by atoms with E-state index < -0.39 is 0 Å². The number of carbonyl (C=O) groups excluding carboxylic acids is 2. The number of hydrogen-bond acceptors (Lipinski definition) is 4. The molecule has 7 nitrogen and oxygen atoms in total. The maximum Gasteiger partial charge on any atom is 0.261 e. The van der Waals surface area contributed by atoms with Crippen LogP contribution in [-0.2, 0) is 16.1 Å². The Morgan fingerprint density at radius 1 is 1.20 bits per heavy atom. The highest BCUT2D eigenvalue weighted by atomic mass is 35.5. The highest BCUT2D eigenvalue weighted by Crippen LogP contribution is 2.13. The SMILES string of the molecule is C/C(CC(=O)Nc1ccc(Cl)cc1)=N\NC(=O)Cn1nc(C)cc1C. The molecule has 8 heteroatoms. The molecule has 25 heavy (non-hydrogen) atoms. The zero-order valence-electron chi connectivity index (χ0n) is 14.3. The van der Waals surface area contributed by atoms with Gasteiger partial charge in [-0.05, 0) is 51.1 Å². The van der Waals surface area contributed by atoms with Gasteiger partial charge in [0.05, 0.1) is 12.1 Å². The van der Waals surface area contributed by atoms with Gasteiger partial charge in [-0.3, -0.25) is 14.3 Å². The minimum Gasteiger partial charge on any atom is -0.326 e. The Balaban J connectivity index is 1.82. The number of anilines is 1. The molecule has 0 bridgehead atoms. The topological polar surface area (TPSA) is 88.4 Å². The first kappa shape index (κ1) is 18.7. The first-order valence-corrected chi connectivity index (χ1v) is 8.10. The van der Waals surface area contributed by atoms with Gasteiger partial charge in [0, 0.05) is 22.1 Å². The molecule has 2 amide bonds. The van der Waals surface area contributed by atoms with Crippen molar-refractivity contribution in [2.75, 3.05) is 5.32 Å². The molecule has 0 aliphatic heterocycles. The first-order chi connectivity index (χ1) is 11.8. The predicted molar refractivity (Wildman–Crippen MR) is 97.7 cm³/mol. The van der Waals surface area contributed by atoms with Gasteiger partial charge in [-0.25, -0.2) is 5.43 Å². The standard InChI is InChI=1S/C17H20ClN5O2/c1-11(9-16(24)19-15-6-4-14(18)5-7-15)20-21-17(25)10-23-13(3)8-12(2)22-23/h4-8H,9-10H2,1-3H3,(H,19,24)(H,21,25)/b20-11+. The van der Waals surface area contributed by atoms with Crippen molar-refractivity contribution < 1.29 is 9.59 Å². The molecule has 1 aromatic carbocycles. The average molecular weight is 362 g/mol. The van der Waals surface area contributed by atoms with E-state index in [4.69, 9.17) is 11.6 Å². The summed E-state index contributed by atoms with van der Waals surface area (Å²) in [5, 5.41) is 11.5. The number of rotatable bonds is 6. The van der Waals surface area contributed by atoms with Crippen LogP contribution in [0.2, 0.25) is 5.02 Å². The number of hydrogen-bond donors (Lipinski definition) is 2. The molecule has 1 aromatic heterocycles. The van der Waals surface area contributed by atoms with Crippen LogP contribution in [0.3, 0.4) is 0 Å². The molecule has 0 saturated heterocycles. The van der Waals surface area contributed by atoms with E-state index in [0.717, 1.165) is 11.4 Å². The van der Waals surface area contributed by atoms with Crippen molar-refractivity contribution in [3.8, 4) is 0 Å². The summed E-state index contributed by atoms with van der Waals surface area (Å²) in [6, 6.07) is 8.70. The Labute approximate surface area is 151 Å². The number of halogens is 1. The van der Waals surface area contributed by atoms with Crippen LogP contribution in [0.15, 0.2) is 35.4 Å². The molecule has 132 valence electrons. The summed E-state index contributed by atoms with van der Waals surface area (Å²) in [7, 11) is 0. The van der Waals surface area contributed by atoms with E-state index in [2.05, 4.69) is 20.9 Å². The summed E-state index contributed by atoms with van der Waals surface area (Å²) in [5.74, 6) is -0.528. The molecule has 0 spiro atoms. The molecule has 0 atom stereocenters. The van der Waals surface area contributed by atoms with Crippen molar-refractivity contribution >= 4 is 34.8 Å². The second kappa shape index (κ2) is 8.43. The molecule has 2 rings (SSSR count). The number of hydrazone groups is 1. The Bertz CT molecular complexity index is 796. The Hall–Kier alpha value is -2.67. The monoisotopic (exact) mass is 361 g/mol. The summed E-state index contributed by atoms with van der Waals surface area (Å²) >= 11 is 5.79. The van der Waals surface area contributed by atoms with Crippen LogP contribution < -0.4 is 10.7 Å². The van der Waals surface area contributed by atoms with E-state index in [0.29, 0.717) is 16.4 Å². The summed E-state index contributed by atoms with van der Waals surface area (Å²) in [5.41, 5.74) is 5.33. The third-order valence-corrected chi connectivity index (χ3v) is 3.56. The lowest BCUT2D eigenvalue weighted by Gasteiger charge is -2.06. The van der Waals surface area contributed by atoms with Crippen LogP contribution in [0.4, 0.5) is 5.69 Å². The second-order valence-corrected chi connectivity index (χ2v) is 6.14. The molecule has 0 radical (unpaired) electrons. The third kappa shape index (κ3) is 6.04. The van der Waals surface area contributed by atoms with E-state index in [1.54, 1.807) is 35.9 Å². The van der Waals surface area contributed by atoms with Gasteiger partial charge in [-0.1, -0.05) is 11.6 Å². The van der Waals surface area contributed by atoms with Crippen molar-refractivity contribution in [1.29, 1.82) is 0 Å². The van der Waals surface area contributed by atoms with Crippen LogP contribution in [0.25, 0.3) is 0 Å². The van der Waals surface area contributed by atoms with Crippen molar-refractivity contribution in [2.45, 2.75) is 33.7 Å². The van der Waals surface area contributed by atoms with Gasteiger partial charge in [0.15, 0.2) is 0 Å². The highest BCUT2D eigenvalue weighted by molar-refractivity contribution is 6.30. The van der Waals surface area contributed by atoms with E-state index >= 15 is 0 Å². The molecule has 1 heterocycles. The zero-order chi connectivity index (χ0) is 18.4. The van der Waals surface area contributed by atoms with Gasteiger partial charge in [-0.15, -0.1) is 0 Å². The van der Waals surface area contributed by atoms with Crippen LogP contribution >= 0.6 is 11.6 Å². The fraction of sp³-hybridized carbons (Fsp3) is 0.294. The molecule has 0 fully saturated rings. The fourth-order valence-electron chi connectivity index (χ4n) is 2.17. The number of nitrogens with zero attached hydrogens (tertiary/aromatic N) is 3. The Kier molecular flexibility index (Phi) is 6.30. The zero-order valence-corrected chi connectivity index (χ0v) is 15.1. The molecular weight excluding hydrogens is 342 g/mol. The number of amides is 2. The number of aryl methyl sites for hydroxylation is 2. The maximum atomic E-state index is 11.9. The van der Waals surface area contributed by atoms with Crippen LogP contribution in [0.1, 0.15) is 24.7 Å². The molecule has 2 N–H and O–H groups in total. The van der Waals surface area contributed by atoms with Crippen LogP contribution in [0.5, 0.6) is 0 Å². The molecule has 2 aromatic rings. The minimum absolute atomic E-state index is 0.0722. The summed E-state index contributed by atoms with van der Waals surface area (Å²) in [6.45, 7) is 5.49. The Morgan fingerprint density at radius 3 is 2.48 bits per heavy atom. The normalized spacial score (nSPS) is 11.3. The smallest absolute Gasteiger partial charge is 0.261 e. The highest BCUT2D eigenvalue weighted by Gasteiger charge is 2.08. The lowest BCUT2D eigenvalue weighted by Crippen LogP contribution is -2.26. The molecule has 0 aliphatic carbocycles. The molecule has 0 saturated carbocycles. The first-order valence-electron chi connectivity index (χ1n) is 7.72. The van der Waals surface area contributed by atoms with E-state index in [-0.39, 0.29) is 24.8 Å². The van der Waals surface area contributed by atoms with Crippen molar-refractivity contribution in [2.24, 2.45) is 5.10 Å². The summed E-state index contributed by atoms with van der Waals surface area (Å²) in [4.78, 5) is 23.8. The van der Waals surface area contributed by atoms with Gasteiger partial charge in [0.2, 0.25) is 5.91 Å². The van der Waals surface area contributed by atoms with Crippen molar-refractivity contribution in [1.82, 2.24) is 15.2 Å². The van der Waals surface area contributed by atoms with Crippen molar-refractivity contribution in [3.05, 3.63) is 46.7 Å². The second-order valence-electron chi connectivity index (χ2n) is 5.70. The van der Waals surface area contributed by atoms with Gasteiger partial charge < -0.3 is 5.32 Å². The number of aromatic nitrogens is 2. The van der Waals surface area contributed by atoms with Gasteiger partial charge in [-0.2, -0.15) is 10.2 Å². The third-order valence-electron chi connectivity index (χ3n) is 3.31. The quantitative estimate of drug-likeness (QED) is 0.612. The van der Waals surface area contributed by atoms with Gasteiger partial charge in [0.25, 0.3) is 5.91 Å². The lowest BCUT2D eigenvalue weighted by atomic mass is 10.2. The molecule has 0 unspecified atom stereocenters. The van der Waals surface area contributed by atoms with Crippen LogP contribution in [0, 0.1) is 13.8 Å². The number of benzene rings is 1. The van der Waals surface area contributed by atoms with Crippen molar-refractivity contribution in [3.63, 3.8) is 0 Å². The minimum atomic E-state index is -0.302. The van der Waals surface area contributed by atoms with E-state index in [9.17, 15) is 9.59 Å². The van der Waals surface area contributed by atoms with E-state index in [1.165, 1.54) is 0 Å². The Morgan fingerprint density at radius 2 is 1.88 bits per heavy atom. The van der Waals surface area contributed by atoms with E-state index in [1.807, 2.05) is 19.9 Å². The predicted octanol–water partition coefficient (Wildman–Crippen LogP) is 2.67. The van der Waals surface area contributed by atoms with Crippen LogP contribution in [-0.4, -0.2) is 27.3 Å². The summed E-state index contributed by atoms with van der Waals surface area (Å²) < 4.78 is 1.60. The maximum absolute atomic E-state index is 11.9. The number of carbonyl (C=O) groups is 2. The fourth-order valence-corrected chi connectivity index (χ4v) is 2.30. The van der Waals surface area contributed by atoms with Gasteiger partial charge in [0.1, 0.15) is 6.54 Å². The largest absolute Gasteiger partial charge is 0.326 e. The lowest BCUT2D eigenvalue weighted by molar-refractivity contribution is -0.122. The van der Waals surface area contributed by atoms with Gasteiger partial charge >= 0.3 is 0 Å².